The SMILES string of the molecule is CCOc1cccc2c1N[C@@H](c1ccc(C(=O)[O-])cc1)[C@H]1CC=C[C@H]21. The highest BCUT2D eigenvalue weighted by atomic mass is 16.5. The zero-order valence-electron chi connectivity index (χ0n) is 14.1. The number of hydrogen-bond donors (Lipinski definition) is 1. The quantitative estimate of drug-likeness (QED) is 0.872. The monoisotopic (exact) mass is 334 g/mol. The molecule has 25 heavy (non-hydrogen) atoms. The molecule has 0 radical (unpaired) electrons. The van der Waals surface area contributed by atoms with Crippen molar-refractivity contribution in [3.63, 3.8) is 0 Å². The topological polar surface area (TPSA) is 61.4 Å². The number of carboxylic acids is 1. The molecule has 2 aromatic rings. The van der Waals surface area contributed by atoms with Gasteiger partial charge in [0.15, 0.2) is 0 Å². The molecule has 4 rings (SSSR count). The molecule has 1 aliphatic carbocycles. The molecule has 0 fully saturated rings. The molecule has 4 nitrogen and oxygen atoms in total. The van der Waals surface area contributed by atoms with Gasteiger partial charge in [-0.05, 0) is 42.0 Å². The molecule has 1 N–H and O–H groups in total. The largest absolute Gasteiger partial charge is 0.545 e. The van der Waals surface area contributed by atoms with Crippen LogP contribution in [-0.4, -0.2) is 12.6 Å². The second-order valence-corrected chi connectivity index (χ2v) is 6.54. The van der Waals surface area contributed by atoms with Crippen LogP contribution in [-0.2, 0) is 0 Å². The third kappa shape index (κ3) is 2.68. The van der Waals surface area contributed by atoms with Gasteiger partial charge in [0.2, 0.25) is 0 Å². The van der Waals surface area contributed by atoms with Crippen LogP contribution in [0.1, 0.15) is 46.8 Å². The molecule has 2 aliphatic rings. The lowest BCUT2D eigenvalue weighted by molar-refractivity contribution is -0.255. The van der Waals surface area contributed by atoms with Crippen molar-refractivity contribution in [3.05, 3.63) is 71.3 Å². The van der Waals surface area contributed by atoms with E-state index in [1.165, 1.54) is 5.56 Å². The van der Waals surface area contributed by atoms with Crippen molar-refractivity contribution >= 4 is 11.7 Å². The van der Waals surface area contributed by atoms with Gasteiger partial charge in [0.25, 0.3) is 0 Å². The lowest BCUT2D eigenvalue weighted by Gasteiger charge is -2.38. The first-order valence-corrected chi connectivity index (χ1v) is 8.69. The van der Waals surface area contributed by atoms with E-state index in [4.69, 9.17) is 4.74 Å². The van der Waals surface area contributed by atoms with E-state index in [0.29, 0.717) is 18.4 Å². The maximum atomic E-state index is 11.0. The van der Waals surface area contributed by atoms with Crippen LogP contribution in [0.15, 0.2) is 54.6 Å². The van der Waals surface area contributed by atoms with Crippen LogP contribution in [0, 0.1) is 5.92 Å². The average Bonchev–Trinajstić information content (AvgIpc) is 3.12. The Labute approximate surface area is 147 Å². The highest BCUT2D eigenvalue weighted by molar-refractivity contribution is 5.85. The van der Waals surface area contributed by atoms with E-state index in [1.807, 2.05) is 31.2 Å². The zero-order valence-corrected chi connectivity index (χ0v) is 14.1. The summed E-state index contributed by atoms with van der Waals surface area (Å²) in [4.78, 5) is 11.0. The minimum Gasteiger partial charge on any atom is -0.545 e. The molecule has 0 saturated heterocycles. The molecule has 2 aromatic carbocycles. The Hall–Kier alpha value is -2.75. The second-order valence-electron chi connectivity index (χ2n) is 6.54. The summed E-state index contributed by atoms with van der Waals surface area (Å²) >= 11 is 0. The summed E-state index contributed by atoms with van der Waals surface area (Å²) in [5.74, 6) is 0.489. The molecule has 1 heterocycles. The predicted octanol–water partition coefficient (Wildman–Crippen LogP) is 3.28. The number of nitrogens with one attached hydrogen (secondary N) is 1. The molecular weight excluding hydrogens is 314 g/mol. The van der Waals surface area contributed by atoms with Crippen molar-refractivity contribution in [1.82, 2.24) is 0 Å². The van der Waals surface area contributed by atoms with Gasteiger partial charge in [-0.2, -0.15) is 0 Å². The Kier molecular flexibility index (Phi) is 3.96. The lowest BCUT2D eigenvalue weighted by Crippen LogP contribution is -2.29. The number of carbonyl (C=O) groups excluding carboxylic acids is 1. The van der Waals surface area contributed by atoms with E-state index in [2.05, 4.69) is 23.5 Å². The van der Waals surface area contributed by atoms with Crippen molar-refractivity contribution in [3.8, 4) is 5.75 Å². The van der Waals surface area contributed by atoms with E-state index in [0.717, 1.165) is 23.4 Å². The summed E-state index contributed by atoms with van der Waals surface area (Å²) in [5.41, 5.74) is 3.61. The standard InChI is InChI=1S/C21H21NO3/c1-2-25-18-8-4-7-17-15-5-3-6-16(15)19(22-20(17)18)13-9-11-14(12-10-13)21(23)24/h3-5,7-12,15-16,19,22H,2,6H2,1H3,(H,23,24)/p-1/t15-,16-,19-/m0/s1. The van der Waals surface area contributed by atoms with Crippen molar-refractivity contribution in [2.24, 2.45) is 5.92 Å². The Morgan fingerprint density at radius 1 is 1.24 bits per heavy atom. The molecule has 0 unspecified atom stereocenters. The molecular formula is C21H20NO3-. The number of fused-ring (bicyclic) bond motifs is 3. The van der Waals surface area contributed by atoms with E-state index in [9.17, 15) is 9.90 Å². The van der Waals surface area contributed by atoms with Gasteiger partial charge in [0, 0.05) is 5.92 Å². The van der Waals surface area contributed by atoms with E-state index < -0.39 is 5.97 Å². The smallest absolute Gasteiger partial charge is 0.142 e. The van der Waals surface area contributed by atoms with Crippen LogP contribution in [0.4, 0.5) is 5.69 Å². The first-order valence-electron chi connectivity index (χ1n) is 8.69. The number of para-hydroxylation sites is 1. The van der Waals surface area contributed by atoms with Crippen LogP contribution in [0.5, 0.6) is 5.75 Å². The van der Waals surface area contributed by atoms with Crippen LogP contribution in [0.25, 0.3) is 0 Å². The van der Waals surface area contributed by atoms with E-state index in [-0.39, 0.29) is 11.6 Å². The molecule has 0 spiro atoms. The normalized spacial score (nSPS) is 23.5. The fourth-order valence-electron chi connectivity index (χ4n) is 4.03. The first kappa shape index (κ1) is 15.8. The number of aromatic carboxylic acids is 1. The number of carboxylic acid groups (broad SMARTS) is 1. The summed E-state index contributed by atoms with van der Waals surface area (Å²) in [6.45, 7) is 2.60. The molecule has 128 valence electrons. The van der Waals surface area contributed by atoms with Crippen molar-refractivity contribution < 1.29 is 14.6 Å². The van der Waals surface area contributed by atoms with Gasteiger partial charge in [-0.15, -0.1) is 0 Å². The minimum absolute atomic E-state index is 0.116. The maximum absolute atomic E-state index is 11.0. The van der Waals surface area contributed by atoms with Crippen LogP contribution in [0.3, 0.4) is 0 Å². The van der Waals surface area contributed by atoms with Gasteiger partial charge in [-0.1, -0.05) is 48.6 Å². The highest BCUT2D eigenvalue weighted by Gasteiger charge is 2.38. The van der Waals surface area contributed by atoms with E-state index >= 15 is 0 Å². The molecule has 0 bridgehead atoms. The van der Waals surface area contributed by atoms with Gasteiger partial charge >= 0.3 is 0 Å². The summed E-state index contributed by atoms with van der Waals surface area (Å²) < 4.78 is 5.81. The molecule has 0 amide bonds. The third-order valence-corrected chi connectivity index (χ3v) is 5.16. The number of hydrogen-bond acceptors (Lipinski definition) is 4. The molecule has 0 aromatic heterocycles. The zero-order chi connectivity index (χ0) is 17.4. The number of anilines is 1. The molecule has 3 atom stereocenters. The number of ether oxygens (including phenoxy) is 1. The number of allylic oxidation sites excluding steroid dienone is 2. The highest BCUT2D eigenvalue weighted by Crippen LogP contribution is 2.52. The number of carbonyl (C=O) groups is 1. The first-order chi connectivity index (χ1) is 12.2. The summed E-state index contributed by atoms with van der Waals surface area (Å²) in [6.07, 6.45) is 5.52. The third-order valence-electron chi connectivity index (χ3n) is 5.16. The van der Waals surface area contributed by atoms with Gasteiger partial charge in [-0.3, -0.25) is 0 Å². The summed E-state index contributed by atoms with van der Waals surface area (Å²) in [5, 5.41) is 14.7. The Morgan fingerprint density at radius 3 is 2.76 bits per heavy atom. The predicted molar refractivity (Wildman–Crippen MR) is 94.7 cm³/mol. The van der Waals surface area contributed by atoms with Crippen molar-refractivity contribution in [1.29, 1.82) is 0 Å². The Bertz CT molecular complexity index is 826. The number of benzene rings is 2. The van der Waals surface area contributed by atoms with Crippen molar-refractivity contribution in [2.75, 3.05) is 11.9 Å². The minimum atomic E-state index is -1.15. The molecule has 0 saturated carbocycles. The lowest BCUT2D eigenvalue weighted by atomic mass is 9.77. The fraction of sp³-hybridized carbons (Fsp3) is 0.286. The summed E-state index contributed by atoms with van der Waals surface area (Å²) in [6, 6.07) is 13.3. The van der Waals surface area contributed by atoms with Gasteiger partial charge in [0.05, 0.1) is 24.3 Å². The van der Waals surface area contributed by atoms with Gasteiger partial charge < -0.3 is 20.0 Å². The fourth-order valence-corrected chi connectivity index (χ4v) is 4.03. The van der Waals surface area contributed by atoms with E-state index in [1.54, 1.807) is 12.1 Å². The average molecular weight is 334 g/mol. The van der Waals surface area contributed by atoms with Crippen LogP contribution >= 0.6 is 0 Å². The maximum Gasteiger partial charge on any atom is 0.142 e. The molecule has 1 aliphatic heterocycles. The van der Waals surface area contributed by atoms with Gasteiger partial charge in [0.1, 0.15) is 5.75 Å². The molecule has 4 heteroatoms. The second kappa shape index (κ2) is 6.28. The Morgan fingerprint density at radius 2 is 2.04 bits per heavy atom. The van der Waals surface area contributed by atoms with Crippen molar-refractivity contribution in [2.45, 2.75) is 25.3 Å². The Balaban J connectivity index is 1.74. The summed E-state index contributed by atoms with van der Waals surface area (Å²) in [7, 11) is 0. The van der Waals surface area contributed by atoms with Crippen LogP contribution < -0.4 is 15.2 Å². The van der Waals surface area contributed by atoms with Crippen LogP contribution in [0.2, 0.25) is 0 Å². The number of rotatable bonds is 4. The van der Waals surface area contributed by atoms with Gasteiger partial charge in [-0.25, -0.2) is 0 Å².